The summed E-state index contributed by atoms with van der Waals surface area (Å²) in [5.41, 5.74) is 6.85. The summed E-state index contributed by atoms with van der Waals surface area (Å²) < 4.78 is 5.96. The van der Waals surface area contributed by atoms with Gasteiger partial charge in [0.25, 0.3) is 5.91 Å². The molecular formula is C15H17N3O2. The molecule has 0 saturated carbocycles. The third-order valence-electron chi connectivity index (χ3n) is 4.89. The number of primary amides is 1. The highest BCUT2D eigenvalue weighted by Crippen LogP contribution is 2.49. The molecule has 2 fully saturated rings. The zero-order chi connectivity index (χ0) is 13.9. The van der Waals surface area contributed by atoms with Gasteiger partial charge in [-0.05, 0) is 37.3 Å². The Bertz CT molecular complexity index is 708. The molecule has 4 rings (SSSR count). The largest absolute Gasteiger partial charge is 0.438 e. The van der Waals surface area contributed by atoms with Crippen molar-refractivity contribution in [2.24, 2.45) is 11.7 Å². The summed E-state index contributed by atoms with van der Waals surface area (Å²) in [5.74, 6) is 0.715. The summed E-state index contributed by atoms with van der Waals surface area (Å²) in [4.78, 5) is 16.1. The van der Waals surface area contributed by atoms with Crippen molar-refractivity contribution in [3.8, 4) is 0 Å². The van der Waals surface area contributed by atoms with Crippen LogP contribution < -0.4 is 11.1 Å². The molecule has 0 aliphatic carbocycles. The zero-order valence-corrected chi connectivity index (χ0v) is 11.3. The van der Waals surface area contributed by atoms with Crippen molar-refractivity contribution in [2.45, 2.75) is 37.8 Å². The molecule has 2 bridgehead atoms. The van der Waals surface area contributed by atoms with E-state index in [2.05, 4.69) is 17.2 Å². The molecule has 3 N–H and O–H groups in total. The summed E-state index contributed by atoms with van der Waals surface area (Å²) in [6.07, 6.45) is 3.35. The van der Waals surface area contributed by atoms with E-state index in [1.165, 1.54) is 0 Å². The van der Waals surface area contributed by atoms with E-state index < -0.39 is 5.91 Å². The molecule has 5 heteroatoms. The summed E-state index contributed by atoms with van der Waals surface area (Å²) in [5, 5.41) is 3.64. The third-order valence-corrected chi connectivity index (χ3v) is 4.89. The highest BCUT2D eigenvalue weighted by molar-refractivity contribution is 6.03. The Morgan fingerprint density at radius 2 is 2.40 bits per heavy atom. The number of carbonyl (C=O) groups is 1. The summed E-state index contributed by atoms with van der Waals surface area (Å²) >= 11 is 0. The summed E-state index contributed by atoms with van der Waals surface area (Å²) in [7, 11) is 0. The summed E-state index contributed by atoms with van der Waals surface area (Å²) in [6, 6.07) is 5.89. The molecule has 1 amide bonds. The first-order valence-electron chi connectivity index (χ1n) is 7.08. The maximum atomic E-state index is 11.5. The molecule has 104 valence electrons. The maximum Gasteiger partial charge on any atom is 0.252 e. The van der Waals surface area contributed by atoms with E-state index in [1.54, 1.807) is 12.1 Å². The van der Waals surface area contributed by atoms with Crippen molar-refractivity contribution >= 4 is 17.0 Å². The van der Waals surface area contributed by atoms with Crippen molar-refractivity contribution in [3.63, 3.8) is 0 Å². The normalized spacial score (nSPS) is 32.0. The van der Waals surface area contributed by atoms with Crippen LogP contribution in [0.1, 0.15) is 42.4 Å². The van der Waals surface area contributed by atoms with E-state index in [1.807, 2.05) is 6.07 Å². The van der Waals surface area contributed by atoms with E-state index in [-0.39, 0.29) is 5.54 Å². The van der Waals surface area contributed by atoms with Crippen molar-refractivity contribution in [2.75, 3.05) is 0 Å². The van der Waals surface area contributed by atoms with Gasteiger partial charge in [0, 0.05) is 6.04 Å². The number of rotatable bonds is 2. The van der Waals surface area contributed by atoms with E-state index in [9.17, 15) is 4.79 Å². The minimum atomic E-state index is -0.479. The molecule has 1 aromatic carbocycles. The number of fused-ring (bicyclic) bond motifs is 3. The molecule has 3 heterocycles. The average Bonchev–Trinajstić information content (AvgIpc) is 3.08. The number of carbonyl (C=O) groups excluding carboxylic acids is 1. The molecule has 1 aromatic heterocycles. The third kappa shape index (κ3) is 1.41. The van der Waals surface area contributed by atoms with Gasteiger partial charge in [0.1, 0.15) is 5.52 Å². The van der Waals surface area contributed by atoms with E-state index in [0.717, 1.165) is 19.3 Å². The average molecular weight is 271 g/mol. The molecule has 3 unspecified atom stereocenters. The SMILES string of the molecule is CC1CC2CCC1(c1nc3cccc(C(N)=O)c3o1)N2. The van der Waals surface area contributed by atoms with Crippen LogP contribution in [0.25, 0.3) is 11.1 Å². The minimum Gasteiger partial charge on any atom is -0.438 e. The van der Waals surface area contributed by atoms with Crippen molar-refractivity contribution in [1.29, 1.82) is 0 Å². The molecule has 2 saturated heterocycles. The number of benzene rings is 1. The van der Waals surface area contributed by atoms with Crippen LogP contribution in [0.3, 0.4) is 0 Å². The monoisotopic (exact) mass is 271 g/mol. The number of nitrogens with zero attached hydrogens (tertiary/aromatic N) is 1. The van der Waals surface area contributed by atoms with Gasteiger partial charge in [-0.25, -0.2) is 4.98 Å². The van der Waals surface area contributed by atoms with Crippen LogP contribution in [0.2, 0.25) is 0 Å². The van der Waals surface area contributed by atoms with Gasteiger partial charge in [0.2, 0.25) is 5.89 Å². The quantitative estimate of drug-likeness (QED) is 0.874. The number of hydrogen-bond donors (Lipinski definition) is 2. The fourth-order valence-corrected chi connectivity index (χ4v) is 3.82. The lowest BCUT2D eigenvalue weighted by Gasteiger charge is -2.28. The Morgan fingerprint density at radius 3 is 3.05 bits per heavy atom. The highest BCUT2D eigenvalue weighted by atomic mass is 16.4. The van der Waals surface area contributed by atoms with Crippen LogP contribution in [0.4, 0.5) is 0 Å². The molecule has 2 aliphatic rings. The van der Waals surface area contributed by atoms with Crippen LogP contribution in [-0.2, 0) is 5.54 Å². The van der Waals surface area contributed by atoms with Gasteiger partial charge < -0.3 is 15.5 Å². The van der Waals surface area contributed by atoms with Crippen LogP contribution in [-0.4, -0.2) is 16.9 Å². The fraction of sp³-hybridized carbons (Fsp3) is 0.467. The van der Waals surface area contributed by atoms with Gasteiger partial charge in [-0.3, -0.25) is 4.79 Å². The van der Waals surface area contributed by atoms with Gasteiger partial charge in [-0.15, -0.1) is 0 Å². The predicted octanol–water partition coefficient (Wildman–Crippen LogP) is 1.91. The van der Waals surface area contributed by atoms with Gasteiger partial charge >= 0.3 is 0 Å². The van der Waals surface area contributed by atoms with Gasteiger partial charge in [-0.2, -0.15) is 0 Å². The van der Waals surface area contributed by atoms with Crippen LogP contribution in [0.5, 0.6) is 0 Å². The van der Waals surface area contributed by atoms with Crippen LogP contribution in [0.15, 0.2) is 22.6 Å². The number of amides is 1. The van der Waals surface area contributed by atoms with Crippen molar-refractivity contribution in [3.05, 3.63) is 29.7 Å². The maximum absolute atomic E-state index is 11.5. The second-order valence-corrected chi connectivity index (χ2v) is 6.03. The number of hydrogen-bond acceptors (Lipinski definition) is 4. The number of oxazole rings is 1. The Hall–Kier alpha value is -1.88. The standard InChI is InChI=1S/C15H17N3O2/c1-8-7-9-5-6-15(8,18-9)14-17-11-4-2-3-10(13(16)19)12(11)20-14/h2-4,8-9,18H,5-7H2,1H3,(H2,16,19). The molecule has 20 heavy (non-hydrogen) atoms. The molecule has 3 atom stereocenters. The van der Waals surface area contributed by atoms with Crippen LogP contribution in [0, 0.1) is 5.92 Å². The minimum absolute atomic E-state index is 0.168. The molecule has 2 aliphatic heterocycles. The van der Waals surface area contributed by atoms with E-state index in [4.69, 9.17) is 10.2 Å². The Morgan fingerprint density at radius 1 is 1.55 bits per heavy atom. The van der Waals surface area contributed by atoms with Crippen LogP contribution >= 0.6 is 0 Å². The Labute approximate surface area is 116 Å². The molecule has 2 aromatic rings. The van der Waals surface area contributed by atoms with E-state index in [0.29, 0.717) is 34.5 Å². The van der Waals surface area contributed by atoms with Crippen molar-refractivity contribution in [1.82, 2.24) is 10.3 Å². The second-order valence-electron chi connectivity index (χ2n) is 6.03. The number of nitrogens with two attached hydrogens (primary N) is 1. The molecule has 0 spiro atoms. The fourth-order valence-electron chi connectivity index (χ4n) is 3.82. The summed E-state index contributed by atoms with van der Waals surface area (Å²) in [6.45, 7) is 2.23. The van der Waals surface area contributed by atoms with E-state index >= 15 is 0 Å². The first-order valence-corrected chi connectivity index (χ1v) is 7.08. The second kappa shape index (κ2) is 3.82. The van der Waals surface area contributed by atoms with Crippen molar-refractivity contribution < 1.29 is 9.21 Å². The van der Waals surface area contributed by atoms with Gasteiger partial charge in [-0.1, -0.05) is 13.0 Å². The van der Waals surface area contributed by atoms with Gasteiger partial charge in [0.15, 0.2) is 5.58 Å². The predicted molar refractivity (Wildman–Crippen MR) is 74.1 cm³/mol. The topological polar surface area (TPSA) is 81.2 Å². The Kier molecular flexibility index (Phi) is 2.27. The highest BCUT2D eigenvalue weighted by Gasteiger charge is 2.53. The zero-order valence-electron chi connectivity index (χ0n) is 11.3. The number of nitrogens with one attached hydrogen (secondary N) is 1. The van der Waals surface area contributed by atoms with Gasteiger partial charge in [0.05, 0.1) is 11.1 Å². The lowest BCUT2D eigenvalue weighted by atomic mass is 9.79. The number of para-hydroxylation sites is 1. The first-order chi connectivity index (χ1) is 9.60. The molecule has 0 radical (unpaired) electrons. The Balaban J connectivity index is 1.90. The number of aromatic nitrogens is 1. The lowest BCUT2D eigenvalue weighted by molar-refractivity contribution is 0.100. The smallest absolute Gasteiger partial charge is 0.252 e. The first kappa shape index (κ1) is 11.9. The molecule has 5 nitrogen and oxygen atoms in total. The lowest BCUT2D eigenvalue weighted by Crippen LogP contribution is -2.38. The molecular weight excluding hydrogens is 254 g/mol.